The van der Waals surface area contributed by atoms with Crippen LogP contribution in [0, 0.1) is 6.92 Å². The summed E-state index contributed by atoms with van der Waals surface area (Å²) in [5.41, 5.74) is 2.84. The molecule has 0 unspecified atom stereocenters. The van der Waals surface area contributed by atoms with Crippen molar-refractivity contribution in [1.82, 2.24) is 4.98 Å². The molecule has 3 nitrogen and oxygen atoms in total. The third-order valence-corrected chi connectivity index (χ3v) is 3.79. The molecule has 1 aromatic heterocycles. The van der Waals surface area contributed by atoms with Crippen molar-refractivity contribution >= 4 is 32.9 Å². The molecular formula is C15H12N2OS. The van der Waals surface area contributed by atoms with Gasteiger partial charge in [-0.15, -0.1) is 0 Å². The molecule has 0 aliphatic carbocycles. The fraction of sp³-hybridized carbons (Fsp3) is 0.0667. The Morgan fingerprint density at radius 3 is 2.79 bits per heavy atom. The Bertz CT molecular complexity index is 762. The maximum atomic E-state index is 9.66. The van der Waals surface area contributed by atoms with E-state index in [1.165, 1.54) is 0 Å². The minimum atomic E-state index is 0.226. The lowest BCUT2D eigenvalue weighted by Crippen LogP contribution is -1.80. The van der Waals surface area contributed by atoms with Gasteiger partial charge < -0.3 is 5.11 Å². The fourth-order valence-electron chi connectivity index (χ4n) is 1.85. The molecule has 0 spiro atoms. The number of rotatable bonds is 2. The number of para-hydroxylation sites is 2. The van der Waals surface area contributed by atoms with Crippen molar-refractivity contribution in [2.75, 3.05) is 0 Å². The Kier molecular flexibility index (Phi) is 3.01. The lowest BCUT2D eigenvalue weighted by Gasteiger charge is -1.95. The van der Waals surface area contributed by atoms with Gasteiger partial charge in [0.1, 0.15) is 5.75 Å². The Morgan fingerprint density at radius 1 is 1.16 bits per heavy atom. The number of phenols is 1. The predicted octanol–water partition coefficient (Wildman–Crippen LogP) is 4.06. The van der Waals surface area contributed by atoms with Crippen molar-refractivity contribution in [2.45, 2.75) is 6.92 Å². The molecule has 94 valence electrons. The second-order valence-electron chi connectivity index (χ2n) is 4.24. The summed E-state index contributed by atoms with van der Waals surface area (Å²) >= 11 is 1.55. The third kappa shape index (κ3) is 2.35. The molecule has 3 rings (SSSR count). The second kappa shape index (κ2) is 4.82. The molecule has 3 aromatic rings. The van der Waals surface area contributed by atoms with Gasteiger partial charge in [-0.05, 0) is 30.7 Å². The average Bonchev–Trinajstić information content (AvgIpc) is 2.82. The van der Waals surface area contributed by atoms with Gasteiger partial charge in [0.25, 0.3) is 0 Å². The number of aryl methyl sites for hydroxylation is 1. The highest BCUT2D eigenvalue weighted by Gasteiger charge is 2.04. The number of nitrogens with zero attached hydrogens (tertiary/aromatic N) is 2. The van der Waals surface area contributed by atoms with E-state index in [1.54, 1.807) is 29.7 Å². The first kappa shape index (κ1) is 11.9. The van der Waals surface area contributed by atoms with Crippen molar-refractivity contribution < 1.29 is 5.11 Å². The summed E-state index contributed by atoms with van der Waals surface area (Å²) < 4.78 is 1.13. The van der Waals surface area contributed by atoms with Gasteiger partial charge in [0.05, 0.1) is 10.2 Å². The lowest BCUT2D eigenvalue weighted by molar-refractivity contribution is 0.474. The van der Waals surface area contributed by atoms with E-state index in [0.717, 1.165) is 15.8 Å². The molecule has 0 saturated heterocycles. The summed E-state index contributed by atoms with van der Waals surface area (Å²) in [6, 6.07) is 13.2. The molecule has 0 atom stereocenters. The summed E-state index contributed by atoms with van der Waals surface area (Å²) in [5.74, 6) is 0.226. The van der Waals surface area contributed by atoms with Crippen LogP contribution >= 0.6 is 11.3 Å². The highest BCUT2D eigenvalue weighted by atomic mass is 32.1. The Balaban J connectivity index is 1.98. The normalized spacial score (nSPS) is 11.4. The highest BCUT2D eigenvalue weighted by Crippen LogP contribution is 2.29. The smallest absolute Gasteiger partial charge is 0.210 e. The zero-order valence-electron chi connectivity index (χ0n) is 10.4. The molecule has 1 heterocycles. The highest BCUT2D eigenvalue weighted by molar-refractivity contribution is 7.22. The zero-order chi connectivity index (χ0) is 13.2. The van der Waals surface area contributed by atoms with E-state index in [4.69, 9.17) is 0 Å². The molecule has 0 radical (unpaired) electrons. The molecular weight excluding hydrogens is 256 g/mol. The second-order valence-corrected chi connectivity index (χ2v) is 5.24. The number of hydrogen-bond donors (Lipinski definition) is 1. The molecule has 0 saturated carbocycles. The number of thiazole rings is 1. The summed E-state index contributed by atoms with van der Waals surface area (Å²) in [6.07, 6.45) is 1.64. The van der Waals surface area contributed by atoms with Crippen LogP contribution in [0.5, 0.6) is 5.75 Å². The number of phenolic OH excluding ortho intramolecular Hbond substituents is 1. The Hall–Kier alpha value is -2.20. The largest absolute Gasteiger partial charge is 0.507 e. The van der Waals surface area contributed by atoms with Crippen molar-refractivity contribution in [3.8, 4) is 5.75 Å². The molecule has 0 amide bonds. The lowest BCUT2D eigenvalue weighted by atomic mass is 10.2. The van der Waals surface area contributed by atoms with Crippen molar-refractivity contribution in [3.05, 3.63) is 53.6 Å². The molecule has 19 heavy (non-hydrogen) atoms. The van der Waals surface area contributed by atoms with Crippen LogP contribution in [-0.4, -0.2) is 16.3 Å². The molecule has 0 bridgehead atoms. The summed E-state index contributed by atoms with van der Waals surface area (Å²) in [6.45, 7) is 2.04. The first-order chi connectivity index (χ1) is 9.24. The monoisotopic (exact) mass is 268 g/mol. The standard InChI is InChI=1S/C15H12N2OS/c1-10-5-4-8-13-14(10)17-15(19-13)16-9-11-6-2-3-7-12(11)18/h2-9,18H,1H3/b16-9+. The van der Waals surface area contributed by atoms with E-state index in [-0.39, 0.29) is 5.75 Å². The van der Waals surface area contributed by atoms with Gasteiger partial charge in [0, 0.05) is 11.8 Å². The molecule has 1 N–H and O–H groups in total. The molecule has 0 fully saturated rings. The first-order valence-electron chi connectivity index (χ1n) is 5.92. The van der Waals surface area contributed by atoms with Crippen LogP contribution in [-0.2, 0) is 0 Å². The van der Waals surface area contributed by atoms with Gasteiger partial charge in [0.15, 0.2) is 0 Å². The number of benzene rings is 2. The minimum absolute atomic E-state index is 0.226. The quantitative estimate of drug-likeness (QED) is 0.712. The Labute approximate surface area is 114 Å². The SMILES string of the molecule is Cc1cccc2sc(/N=C/c3ccccc3O)nc12. The van der Waals surface area contributed by atoms with Crippen molar-refractivity contribution in [2.24, 2.45) is 4.99 Å². The van der Waals surface area contributed by atoms with Gasteiger partial charge >= 0.3 is 0 Å². The summed E-state index contributed by atoms with van der Waals surface area (Å²) in [5, 5.41) is 10.4. The van der Waals surface area contributed by atoms with Crippen LogP contribution in [0.3, 0.4) is 0 Å². The number of fused-ring (bicyclic) bond motifs is 1. The first-order valence-corrected chi connectivity index (χ1v) is 6.74. The molecule has 4 heteroatoms. The van der Waals surface area contributed by atoms with E-state index in [2.05, 4.69) is 9.98 Å². The van der Waals surface area contributed by atoms with Gasteiger partial charge in [-0.25, -0.2) is 9.98 Å². The molecule has 2 aromatic carbocycles. The van der Waals surface area contributed by atoms with E-state index in [0.29, 0.717) is 10.7 Å². The summed E-state index contributed by atoms with van der Waals surface area (Å²) in [4.78, 5) is 8.83. The zero-order valence-corrected chi connectivity index (χ0v) is 11.2. The van der Waals surface area contributed by atoms with E-state index in [1.807, 2.05) is 37.3 Å². The van der Waals surface area contributed by atoms with Crippen LogP contribution in [0.2, 0.25) is 0 Å². The van der Waals surface area contributed by atoms with E-state index >= 15 is 0 Å². The average molecular weight is 268 g/mol. The van der Waals surface area contributed by atoms with Crippen molar-refractivity contribution in [3.63, 3.8) is 0 Å². The van der Waals surface area contributed by atoms with Crippen LogP contribution < -0.4 is 0 Å². The van der Waals surface area contributed by atoms with Crippen molar-refractivity contribution in [1.29, 1.82) is 0 Å². The predicted molar refractivity (Wildman–Crippen MR) is 79.7 cm³/mol. The van der Waals surface area contributed by atoms with Gasteiger partial charge in [-0.3, -0.25) is 0 Å². The summed E-state index contributed by atoms with van der Waals surface area (Å²) in [7, 11) is 0. The van der Waals surface area contributed by atoms with E-state index in [9.17, 15) is 5.11 Å². The van der Waals surface area contributed by atoms with Crippen LogP contribution in [0.1, 0.15) is 11.1 Å². The minimum Gasteiger partial charge on any atom is -0.507 e. The topological polar surface area (TPSA) is 45.5 Å². The fourth-order valence-corrected chi connectivity index (χ4v) is 2.74. The number of aromatic nitrogens is 1. The van der Waals surface area contributed by atoms with Gasteiger partial charge in [-0.2, -0.15) is 0 Å². The van der Waals surface area contributed by atoms with Gasteiger partial charge in [-0.1, -0.05) is 35.6 Å². The van der Waals surface area contributed by atoms with Gasteiger partial charge in [0.2, 0.25) is 5.13 Å². The maximum Gasteiger partial charge on any atom is 0.210 e. The molecule has 0 aliphatic rings. The van der Waals surface area contributed by atoms with E-state index < -0.39 is 0 Å². The van der Waals surface area contributed by atoms with Crippen LogP contribution in [0.4, 0.5) is 5.13 Å². The number of aromatic hydroxyl groups is 1. The Morgan fingerprint density at radius 2 is 2.00 bits per heavy atom. The van der Waals surface area contributed by atoms with Crippen LogP contribution in [0.25, 0.3) is 10.2 Å². The number of hydrogen-bond acceptors (Lipinski definition) is 4. The van der Waals surface area contributed by atoms with Crippen LogP contribution in [0.15, 0.2) is 47.5 Å². The molecule has 0 aliphatic heterocycles. The third-order valence-electron chi connectivity index (χ3n) is 2.86. The maximum absolute atomic E-state index is 9.66. The number of aliphatic imine (C=N–C) groups is 1.